The van der Waals surface area contributed by atoms with Gasteiger partial charge in [0.2, 0.25) is 15.9 Å². The van der Waals surface area contributed by atoms with E-state index in [1.807, 2.05) is 0 Å². The van der Waals surface area contributed by atoms with Gasteiger partial charge in [0.15, 0.2) is 5.82 Å². The van der Waals surface area contributed by atoms with Crippen LogP contribution in [0, 0.1) is 0 Å². The maximum absolute atomic E-state index is 12.7. The maximum Gasteiger partial charge on any atom is 0.416 e. The number of hydrogen-bond acceptors (Lipinski definition) is 6. The fraction of sp³-hybridized carbons (Fsp3) is 0.467. The molecule has 3 N–H and O–H groups in total. The Balaban J connectivity index is 1.72. The van der Waals surface area contributed by atoms with E-state index in [9.17, 15) is 21.6 Å². The van der Waals surface area contributed by atoms with E-state index in [-0.39, 0.29) is 12.4 Å². The molecule has 1 saturated carbocycles. The molecule has 1 fully saturated rings. The molecule has 142 valence electrons. The zero-order valence-corrected chi connectivity index (χ0v) is 14.4. The lowest BCUT2D eigenvalue weighted by Gasteiger charge is -2.17. The second-order valence-electron chi connectivity index (χ2n) is 6.23. The summed E-state index contributed by atoms with van der Waals surface area (Å²) in [7, 11) is -4.18. The first-order valence-corrected chi connectivity index (χ1v) is 9.37. The molecule has 0 saturated heterocycles. The molecule has 0 radical (unpaired) electrons. The van der Waals surface area contributed by atoms with Gasteiger partial charge in [-0.15, -0.1) is 0 Å². The third kappa shape index (κ3) is 3.89. The Morgan fingerprint density at radius 1 is 1.27 bits per heavy atom. The van der Waals surface area contributed by atoms with Crippen LogP contribution in [0.4, 0.5) is 13.2 Å². The summed E-state index contributed by atoms with van der Waals surface area (Å²) in [5, 5.41) is 3.80. The third-order valence-corrected chi connectivity index (χ3v) is 5.69. The Bertz CT molecular complexity index is 890. The number of nitrogens with one attached hydrogen (secondary N) is 1. The molecule has 0 spiro atoms. The Labute approximate surface area is 147 Å². The number of aromatic nitrogens is 2. The van der Waals surface area contributed by atoms with Crippen LogP contribution in [0.5, 0.6) is 0 Å². The van der Waals surface area contributed by atoms with Crippen molar-refractivity contribution < 1.29 is 26.1 Å². The number of sulfonamides is 1. The standard InChI is InChI=1S/C15H17F3N4O3S/c16-15(17,18)10-4-3-5-11(8-10)26(23,24)20-9-12-21-13(22-25-12)14(19)6-1-2-7-14/h3-5,8,20H,1-2,6-7,9,19H2. The van der Waals surface area contributed by atoms with E-state index in [0.29, 0.717) is 24.7 Å². The van der Waals surface area contributed by atoms with E-state index in [0.717, 1.165) is 31.0 Å². The van der Waals surface area contributed by atoms with Crippen molar-refractivity contribution in [2.75, 3.05) is 0 Å². The van der Waals surface area contributed by atoms with Crippen molar-refractivity contribution >= 4 is 10.0 Å². The van der Waals surface area contributed by atoms with Gasteiger partial charge in [-0.05, 0) is 31.0 Å². The van der Waals surface area contributed by atoms with Crippen molar-refractivity contribution in [3.8, 4) is 0 Å². The summed E-state index contributed by atoms with van der Waals surface area (Å²) in [6, 6.07) is 3.46. The minimum atomic E-state index is -4.64. The highest BCUT2D eigenvalue weighted by molar-refractivity contribution is 7.89. The normalized spacial score (nSPS) is 17.5. The maximum atomic E-state index is 12.7. The topological polar surface area (TPSA) is 111 Å². The molecule has 11 heteroatoms. The van der Waals surface area contributed by atoms with Crippen molar-refractivity contribution in [2.24, 2.45) is 5.73 Å². The van der Waals surface area contributed by atoms with Gasteiger partial charge in [-0.2, -0.15) is 18.2 Å². The van der Waals surface area contributed by atoms with Gasteiger partial charge in [0.25, 0.3) is 0 Å². The van der Waals surface area contributed by atoms with Gasteiger partial charge < -0.3 is 10.3 Å². The van der Waals surface area contributed by atoms with E-state index in [2.05, 4.69) is 14.9 Å². The number of hydrogen-bond donors (Lipinski definition) is 2. The number of halogens is 3. The van der Waals surface area contributed by atoms with Gasteiger partial charge in [0.1, 0.15) is 0 Å². The highest BCUT2D eigenvalue weighted by atomic mass is 32.2. The number of alkyl halides is 3. The molecular formula is C15H17F3N4O3S. The molecule has 1 heterocycles. The Hall–Kier alpha value is -1.98. The summed E-state index contributed by atoms with van der Waals surface area (Å²) < 4.78 is 69.8. The predicted octanol–water partition coefficient (Wildman–Crippen LogP) is 2.29. The molecule has 2 aromatic rings. The average molecular weight is 390 g/mol. The number of benzene rings is 1. The minimum absolute atomic E-state index is 0.00715. The SMILES string of the molecule is NC1(c2noc(CNS(=O)(=O)c3cccc(C(F)(F)F)c3)n2)CCCC1. The van der Waals surface area contributed by atoms with Crippen LogP contribution in [0.3, 0.4) is 0 Å². The zero-order valence-electron chi connectivity index (χ0n) is 13.6. The lowest BCUT2D eigenvalue weighted by atomic mass is 9.99. The Morgan fingerprint density at radius 3 is 2.62 bits per heavy atom. The van der Waals surface area contributed by atoms with E-state index in [4.69, 9.17) is 10.3 Å². The molecule has 0 atom stereocenters. The molecule has 0 amide bonds. The van der Waals surface area contributed by atoms with Crippen LogP contribution in [0.15, 0.2) is 33.7 Å². The summed E-state index contributed by atoms with van der Waals surface area (Å²) in [5.74, 6) is 0.301. The van der Waals surface area contributed by atoms with Crippen molar-refractivity contribution in [3.63, 3.8) is 0 Å². The average Bonchev–Trinajstić information content (AvgIpc) is 3.22. The van der Waals surface area contributed by atoms with Gasteiger partial charge in [-0.3, -0.25) is 0 Å². The van der Waals surface area contributed by atoms with Gasteiger partial charge in [0, 0.05) is 0 Å². The van der Waals surface area contributed by atoms with Crippen LogP contribution in [0.1, 0.15) is 43.0 Å². The first-order chi connectivity index (χ1) is 12.1. The predicted molar refractivity (Wildman–Crippen MR) is 84.1 cm³/mol. The summed E-state index contributed by atoms with van der Waals surface area (Å²) in [5.41, 5.74) is 4.47. The Morgan fingerprint density at radius 2 is 1.96 bits per heavy atom. The van der Waals surface area contributed by atoms with Crippen LogP contribution in [0.25, 0.3) is 0 Å². The van der Waals surface area contributed by atoms with Crippen LogP contribution < -0.4 is 10.5 Å². The molecule has 1 aromatic heterocycles. The van der Waals surface area contributed by atoms with Crippen LogP contribution in [-0.4, -0.2) is 18.6 Å². The monoisotopic (exact) mass is 390 g/mol. The molecule has 7 nitrogen and oxygen atoms in total. The second kappa shape index (κ2) is 6.63. The van der Waals surface area contributed by atoms with Crippen LogP contribution >= 0.6 is 0 Å². The van der Waals surface area contributed by atoms with E-state index in [1.54, 1.807) is 0 Å². The van der Waals surface area contributed by atoms with Crippen molar-refractivity contribution in [3.05, 3.63) is 41.5 Å². The molecular weight excluding hydrogens is 373 g/mol. The first kappa shape index (κ1) is 18.8. The first-order valence-electron chi connectivity index (χ1n) is 7.89. The number of nitrogens with two attached hydrogens (primary N) is 1. The second-order valence-corrected chi connectivity index (χ2v) is 7.99. The highest BCUT2D eigenvalue weighted by Crippen LogP contribution is 2.34. The quantitative estimate of drug-likeness (QED) is 0.810. The fourth-order valence-corrected chi connectivity index (χ4v) is 3.86. The Kier molecular flexibility index (Phi) is 4.80. The molecule has 1 aliphatic rings. The number of nitrogens with zero attached hydrogens (tertiary/aromatic N) is 2. The molecule has 0 aliphatic heterocycles. The highest BCUT2D eigenvalue weighted by Gasteiger charge is 2.36. The molecule has 0 bridgehead atoms. The van der Waals surface area contributed by atoms with E-state index < -0.39 is 32.2 Å². The summed E-state index contributed by atoms with van der Waals surface area (Å²) >= 11 is 0. The molecule has 26 heavy (non-hydrogen) atoms. The van der Waals surface area contributed by atoms with Crippen LogP contribution in [0.2, 0.25) is 0 Å². The van der Waals surface area contributed by atoms with Crippen LogP contribution in [-0.2, 0) is 28.3 Å². The molecule has 3 rings (SSSR count). The van der Waals surface area contributed by atoms with E-state index >= 15 is 0 Å². The van der Waals surface area contributed by atoms with E-state index in [1.165, 1.54) is 0 Å². The van der Waals surface area contributed by atoms with Gasteiger partial charge in [0.05, 0.1) is 22.5 Å². The van der Waals surface area contributed by atoms with Gasteiger partial charge in [-0.25, -0.2) is 13.1 Å². The molecule has 1 aliphatic carbocycles. The molecule has 1 aromatic carbocycles. The van der Waals surface area contributed by atoms with Crippen molar-refractivity contribution in [1.29, 1.82) is 0 Å². The summed E-state index contributed by atoms with van der Waals surface area (Å²) in [4.78, 5) is 3.61. The third-order valence-electron chi connectivity index (χ3n) is 4.29. The lowest BCUT2D eigenvalue weighted by Crippen LogP contribution is -2.34. The van der Waals surface area contributed by atoms with Gasteiger partial charge >= 0.3 is 6.18 Å². The number of rotatable bonds is 5. The summed E-state index contributed by atoms with van der Waals surface area (Å²) in [6.07, 6.45) is -1.32. The van der Waals surface area contributed by atoms with Crippen molar-refractivity contribution in [1.82, 2.24) is 14.9 Å². The minimum Gasteiger partial charge on any atom is -0.338 e. The smallest absolute Gasteiger partial charge is 0.338 e. The summed E-state index contributed by atoms with van der Waals surface area (Å²) in [6.45, 7) is -0.346. The van der Waals surface area contributed by atoms with Gasteiger partial charge in [-0.1, -0.05) is 24.1 Å². The fourth-order valence-electron chi connectivity index (χ4n) is 2.84. The lowest BCUT2D eigenvalue weighted by molar-refractivity contribution is -0.137. The zero-order chi connectivity index (χ0) is 19.0. The largest absolute Gasteiger partial charge is 0.416 e. The molecule has 0 unspecified atom stereocenters. The van der Waals surface area contributed by atoms with Crippen molar-refractivity contribution in [2.45, 2.75) is 48.8 Å².